The number of benzene rings is 6. The van der Waals surface area contributed by atoms with Gasteiger partial charge in [0.2, 0.25) is 9.84 Å². The Labute approximate surface area is 304 Å². The number of hydrogen-bond donors (Lipinski definition) is 2. The van der Waals surface area contributed by atoms with Crippen LogP contribution in [0, 0.1) is 6.92 Å². The molecule has 0 atom stereocenters. The maximum atomic E-state index is 12.9. The molecule has 10 nitrogen and oxygen atoms in total. The third-order valence-electron chi connectivity index (χ3n) is 8.62. The van der Waals surface area contributed by atoms with Crippen molar-refractivity contribution in [2.45, 2.75) is 16.7 Å². The van der Waals surface area contributed by atoms with E-state index in [2.05, 4.69) is 15.3 Å². The molecule has 0 spiro atoms. The van der Waals surface area contributed by atoms with Crippen molar-refractivity contribution in [2.75, 3.05) is 0 Å². The van der Waals surface area contributed by atoms with Crippen LogP contribution in [0.5, 0.6) is 17.2 Å². The molecule has 8 aromatic rings. The largest absolute Gasteiger partial charge is 0.508 e. The summed E-state index contributed by atoms with van der Waals surface area (Å²) in [6.07, 6.45) is 0. The van der Waals surface area contributed by atoms with Gasteiger partial charge in [-0.2, -0.15) is 10.2 Å². The highest BCUT2D eigenvalue weighted by Crippen LogP contribution is 2.30. The van der Waals surface area contributed by atoms with Gasteiger partial charge in [-0.25, -0.2) is 18.2 Å². The number of nitrogens with one attached hydrogen (secondary N) is 1. The number of rotatable bonds is 6. The molecule has 0 unspecified atom stereocenters. The first-order chi connectivity index (χ1) is 25.6. The minimum absolute atomic E-state index is 0.142. The number of H-pyrrole nitrogens is 1. The van der Waals surface area contributed by atoms with Crippen LogP contribution in [-0.2, 0) is 16.9 Å². The number of nitrogens with zero attached hydrogens (tertiary/aromatic N) is 3. The summed E-state index contributed by atoms with van der Waals surface area (Å²) in [6, 6.07) is 41.9. The zero-order valence-electron chi connectivity index (χ0n) is 28.6. The molecule has 0 aliphatic rings. The number of ether oxygens (including phenoxy) is 1. The van der Waals surface area contributed by atoms with E-state index in [4.69, 9.17) is 4.74 Å². The smallest absolute Gasteiger partial charge is 0.274 e. The Hall–Kier alpha value is -6.85. The normalized spacial score (nSPS) is 11.2. The monoisotopic (exact) mass is 720 g/mol. The molecule has 2 heterocycles. The molecule has 0 fully saturated rings. The van der Waals surface area contributed by atoms with Crippen LogP contribution in [0.4, 0.5) is 0 Å². The SMILES string of the molecule is Cc1ccc(S(=O)(=O)c2ccc(Oc3ccc(-c4nn(C)c(=O)c5ccccc45)cc3)cc2)cc1.O=c1[nH]nc(-c2ccc(O)cc2)c2ccccc12. The average Bonchev–Trinajstić information content (AvgIpc) is 3.18. The number of fused-ring (bicyclic) bond motifs is 2. The fraction of sp³-hybridized carbons (Fsp3) is 0.0476. The molecule has 6 aromatic carbocycles. The summed E-state index contributed by atoms with van der Waals surface area (Å²) >= 11 is 0. The molecule has 2 aromatic heterocycles. The molecule has 262 valence electrons. The molecule has 2 N–H and O–H groups in total. The van der Waals surface area contributed by atoms with Crippen molar-refractivity contribution in [3.05, 3.63) is 172 Å². The molecule has 0 amide bonds. The van der Waals surface area contributed by atoms with Gasteiger partial charge in [0.25, 0.3) is 11.1 Å². The summed E-state index contributed by atoms with van der Waals surface area (Å²) in [5, 5.41) is 23.1. The second kappa shape index (κ2) is 14.4. The third-order valence-corrected chi connectivity index (χ3v) is 10.4. The molecule has 0 aliphatic carbocycles. The maximum absolute atomic E-state index is 12.9. The lowest BCUT2D eigenvalue weighted by Gasteiger charge is -2.10. The molecule has 11 heteroatoms. The Morgan fingerprint density at radius 1 is 0.604 bits per heavy atom. The average molecular weight is 721 g/mol. The Bertz CT molecular complexity index is 2820. The number of aromatic hydroxyl groups is 1. The molecule has 53 heavy (non-hydrogen) atoms. The predicted octanol–water partition coefficient (Wildman–Crippen LogP) is 7.83. The number of sulfone groups is 1. The minimum Gasteiger partial charge on any atom is -0.508 e. The second-order valence-electron chi connectivity index (χ2n) is 12.2. The van der Waals surface area contributed by atoms with Gasteiger partial charge >= 0.3 is 0 Å². The number of aromatic nitrogens is 4. The zero-order valence-corrected chi connectivity index (χ0v) is 29.4. The van der Waals surface area contributed by atoms with Crippen LogP contribution in [0.2, 0.25) is 0 Å². The van der Waals surface area contributed by atoms with E-state index in [0.29, 0.717) is 33.7 Å². The molecule has 0 aliphatic heterocycles. The maximum Gasteiger partial charge on any atom is 0.274 e. The summed E-state index contributed by atoms with van der Waals surface area (Å²) in [5.41, 5.74) is 3.76. The van der Waals surface area contributed by atoms with Crippen LogP contribution in [0.1, 0.15) is 5.56 Å². The van der Waals surface area contributed by atoms with Gasteiger partial charge in [-0.15, -0.1) is 0 Å². The summed E-state index contributed by atoms with van der Waals surface area (Å²) in [7, 11) is -1.96. The molecular weight excluding hydrogens is 689 g/mol. The van der Waals surface area contributed by atoms with E-state index in [9.17, 15) is 23.1 Å². The van der Waals surface area contributed by atoms with Crippen LogP contribution < -0.4 is 15.9 Å². The lowest BCUT2D eigenvalue weighted by Crippen LogP contribution is -2.20. The Kier molecular flexibility index (Phi) is 9.41. The number of phenolic OH excluding ortho intramolecular Hbond substituents is 1. The summed E-state index contributed by atoms with van der Waals surface area (Å²) in [6.45, 7) is 1.91. The fourth-order valence-corrected chi connectivity index (χ4v) is 7.09. The van der Waals surface area contributed by atoms with Crippen LogP contribution in [0.15, 0.2) is 165 Å². The topological polar surface area (TPSA) is 144 Å². The Morgan fingerprint density at radius 2 is 1.08 bits per heavy atom. The fourth-order valence-electron chi connectivity index (χ4n) is 5.82. The predicted molar refractivity (Wildman–Crippen MR) is 205 cm³/mol. The Balaban J connectivity index is 0.000000202. The first-order valence-corrected chi connectivity index (χ1v) is 18.0. The molecule has 0 radical (unpaired) electrons. The van der Waals surface area contributed by atoms with E-state index in [-0.39, 0.29) is 26.7 Å². The third kappa shape index (κ3) is 7.19. The van der Waals surface area contributed by atoms with Gasteiger partial charge in [0.05, 0.1) is 32.0 Å². The number of hydrogen-bond acceptors (Lipinski definition) is 8. The van der Waals surface area contributed by atoms with E-state index in [1.54, 1.807) is 92.0 Å². The van der Waals surface area contributed by atoms with Crippen LogP contribution in [0.25, 0.3) is 44.1 Å². The first-order valence-electron chi connectivity index (χ1n) is 16.5. The summed E-state index contributed by atoms with van der Waals surface area (Å²) in [5.74, 6) is 1.32. The summed E-state index contributed by atoms with van der Waals surface area (Å²) < 4.78 is 33.0. The van der Waals surface area contributed by atoms with Gasteiger partial charge < -0.3 is 9.84 Å². The molecule has 8 rings (SSSR count). The van der Waals surface area contributed by atoms with Crippen molar-refractivity contribution < 1.29 is 18.3 Å². The Morgan fingerprint density at radius 3 is 1.68 bits per heavy atom. The number of aromatic amines is 1. The molecular formula is C42H32N4O6S. The van der Waals surface area contributed by atoms with Crippen LogP contribution in [-0.4, -0.2) is 33.5 Å². The standard InChI is InChI=1S/C28H22N2O4S.C14H10N2O2/c1-19-7-15-23(16-8-19)35(32,33)24-17-13-22(14-18-24)34-21-11-9-20(10-12-21)27-25-5-3-4-6-26(25)28(31)30(2)29-27;17-10-7-5-9(6-8-10)13-11-3-1-2-4-12(11)14(18)16-15-13/h3-18H,1-2H3;1-8,17H,(H,16,18). The van der Waals surface area contributed by atoms with Gasteiger partial charge in [0.1, 0.15) is 17.2 Å². The highest BCUT2D eigenvalue weighted by atomic mass is 32.2. The van der Waals surface area contributed by atoms with E-state index in [1.165, 1.54) is 4.68 Å². The highest BCUT2D eigenvalue weighted by Gasteiger charge is 2.18. The van der Waals surface area contributed by atoms with E-state index < -0.39 is 9.84 Å². The first kappa shape index (κ1) is 34.6. The van der Waals surface area contributed by atoms with Crippen molar-refractivity contribution >= 4 is 31.4 Å². The lowest BCUT2D eigenvalue weighted by atomic mass is 10.1. The van der Waals surface area contributed by atoms with Crippen molar-refractivity contribution in [3.63, 3.8) is 0 Å². The van der Waals surface area contributed by atoms with Gasteiger partial charge in [0.15, 0.2) is 0 Å². The van der Waals surface area contributed by atoms with Gasteiger partial charge in [-0.1, -0.05) is 54.1 Å². The molecule has 0 saturated carbocycles. The molecule has 0 saturated heterocycles. The van der Waals surface area contributed by atoms with Crippen LogP contribution in [0.3, 0.4) is 0 Å². The van der Waals surface area contributed by atoms with E-state index >= 15 is 0 Å². The van der Waals surface area contributed by atoms with Crippen molar-refractivity contribution in [1.82, 2.24) is 20.0 Å². The summed E-state index contributed by atoms with van der Waals surface area (Å²) in [4.78, 5) is 24.5. The van der Waals surface area contributed by atoms with Crippen molar-refractivity contribution in [3.8, 4) is 39.8 Å². The van der Waals surface area contributed by atoms with Gasteiger partial charge in [0, 0.05) is 28.9 Å². The van der Waals surface area contributed by atoms with Crippen LogP contribution >= 0.6 is 0 Å². The number of aryl methyl sites for hydroxylation is 2. The van der Waals surface area contributed by atoms with E-state index in [1.807, 2.05) is 67.6 Å². The van der Waals surface area contributed by atoms with Gasteiger partial charge in [-0.3, -0.25) is 9.59 Å². The zero-order chi connectivity index (χ0) is 37.1. The lowest BCUT2D eigenvalue weighted by molar-refractivity contribution is 0.475. The van der Waals surface area contributed by atoms with Crippen molar-refractivity contribution in [2.24, 2.45) is 7.05 Å². The minimum atomic E-state index is -3.59. The van der Waals surface area contributed by atoms with Gasteiger partial charge in [-0.05, 0) is 104 Å². The number of phenols is 1. The molecule has 0 bridgehead atoms. The van der Waals surface area contributed by atoms with Crippen molar-refractivity contribution in [1.29, 1.82) is 0 Å². The van der Waals surface area contributed by atoms with E-state index in [0.717, 1.165) is 27.5 Å². The second-order valence-corrected chi connectivity index (χ2v) is 14.2. The quantitative estimate of drug-likeness (QED) is 0.177. The highest BCUT2D eigenvalue weighted by molar-refractivity contribution is 7.91.